The summed E-state index contributed by atoms with van der Waals surface area (Å²) >= 11 is 0. The van der Waals surface area contributed by atoms with E-state index < -0.39 is 0 Å². The van der Waals surface area contributed by atoms with Crippen molar-refractivity contribution in [2.45, 2.75) is 45.6 Å². The molecule has 138 valence electrons. The van der Waals surface area contributed by atoms with Crippen molar-refractivity contribution in [1.29, 1.82) is 0 Å². The maximum absolute atomic E-state index is 12.7. The second-order valence-electron chi connectivity index (χ2n) is 6.38. The number of amides is 1. The number of carbonyl (C=O) groups is 1. The highest BCUT2D eigenvalue weighted by atomic mass is 35.5. The predicted molar refractivity (Wildman–Crippen MR) is 107 cm³/mol. The Kier molecular flexibility index (Phi) is 7.77. The minimum atomic E-state index is 0. The van der Waals surface area contributed by atoms with Gasteiger partial charge in [-0.15, -0.1) is 24.8 Å². The normalized spacial score (nSPS) is 13.0. The lowest BCUT2D eigenvalue weighted by molar-refractivity contribution is -0.118. The van der Waals surface area contributed by atoms with Gasteiger partial charge in [0.2, 0.25) is 5.91 Å². The van der Waals surface area contributed by atoms with E-state index in [0.717, 1.165) is 42.1 Å². The molecule has 5 nitrogen and oxygen atoms in total. The van der Waals surface area contributed by atoms with Crippen molar-refractivity contribution in [1.82, 2.24) is 9.55 Å². The first-order valence-electron chi connectivity index (χ1n) is 8.26. The Balaban J connectivity index is 0.00000156. The van der Waals surface area contributed by atoms with E-state index >= 15 is 0 Å². The van der Waals surface area contributed by atoms with E-state index in [0.29, 0.717) is 18.9 Å². The van der Waals surface area contributed by atoms with Crippen LogP contribution < -0.4 is 10.6 Å². The third-order valence-electron chi connectivity index (χ3n) is 4.42. The standard InChI is InChI=1S/C18H24N4O.2ClH/c1-13(2)18-20-9-12-21(18)11-8-17(23)22-10-4-5-14-15(19)6-3-7-16(14)22;;/h3,6-7,9,12-13H,4-5,8,10-11,19H2,1-2H3;2*1H. The molecular formula is C18H26Cl2N4O. The van der Waals surface area contributed by atoms with Crippen molar-refractivity contribution in [3.05, 3.63) is 42.0 Å². The third-order valence-corrected chi connectivity index (χ3v) is 4.42. The smallest absolute Gasteiger partial charge is 0.228 e. The number of rotatable bonds is 4. The largest absolute Gasteiger partial charge is 0.398 e. The maximum Gasteiger partial charge on any atom is 0.228 e. The van der Waals surface area contributed by atoms with E-state index in [1.807, 2.05) is 29.3 Å². The van der Waals surface area contributed by atoms with Crippen LogP contribution in [0.5, 0.6) is 0 Å². The number of fused-ring (bicyclic) bond motifs is 1. The number of aromatic nitrogens is 2. The molecule has 3 rings (SSSR count). The Labute approximate surface area is 161 Å². The van der Waals surface area contributed by atoms with Crippen molar-refractivity contribution in [3.8, 4) is 0 Å². The zero-order valence-electron chi connectivity index (χ0n) is 14.6. The fourth-order valence-electron chi connectivity index (χ4n) is 3.27. The van der Waals surface area contributed by atoms with Crippen LogP contribution in [-0.2, 0) is 17.8 Å². The predicted octanol–water partition coefficient (Wildman–Crippen LogP) is 3.80. The quantitative estimate of drug-likeness (QED) is 0.815. The van der Waals surface area contributed by atoms with Crippen molar-refractivity contribution in [2.24, 2.45) is 0 Å². The average Bonchev–Trinajstić information content (AvgIpc) is 3.01. The summed E-state index contributed by atoms with van der Waals surface area (Å²) in [6.07, 6.45) is 6.14. The van der Waals surface area contributed by atoms with Crippen molar-refractivity contribution in [3.63, 3.8) is 0 Å². The molecule has 2 heterocycles. The number of benzene rings is 1. The number of halogens is 2. The van der Waals surface area contributed by atoms with Crippen molar-refractivity contribution in [2.75, 3.05) is 17.2 Å². The lowest BCUT2D eigenvalue weighted by Crippen LogP contribution is -2.36. The molecule has 1 aliphatic heterocycles. The van der Waals surface area contributed by atoms with Gasteiger partial charge in [-0.05, 0) is 30.5 Å². The number of hydrogen-bond acceptors (Lipinski definition) is 3. The molecule has 1 aromatic carbocycles. The van der Waals surface area contributed by atoms with Crippen LogP contribution >= 0.6 is 24.8 Å². The summed E-state index contributed by atoms with van der Waals surface area (Å²) in [5.74, 6) is 1.54. The highest BCUT2D eigenvalue weighted by Crippen LogP contribution is 2.31. The Morgan fingerprint density at radius 3 is 2.80 bits per heavy atom. The van der Waals surface area contributed by atoms with Gasteiger partial charge in [0.1, 0.15) is 5.82 Å². The molecular weight excluding hydrogens is 359 g/mol. The van der Waals surface area contributed by atoms with Crippen molar-refractivity contribution < 1.29 is 4.79 Å². The van der Waals surface area contributed by atoms with Gasteiger partial charge in [0.25, 0.3) is 0 Å². The number of nitrogen functional groups attached to an aromatic ring is 1. The molecule has 0 fully saturated rings. The van der Waals surface area contributed by atoms with Gasteiger partial charge < -0.3 is 15.2 Å². The molecule has 0 spiro atoms. The summed E-state index contributed by atoms with van der Waals surface area (Å²) in [4.78, 5) is 19.0. The minimum absolute atomic E-state index is 0. The summed E-state index contributed by atoms with van der Waals surface area (Å²) in [5, 5.41) is 0. The summed E-state index contributed by atoms with van der Waals surface area (Å²) in [7, 11) is 0. The molecule has 0 radical (unpaired) electrons. The molecule has 1 amide bonds. The van der Waals surface area contributed by atoms with Gasteiger partial charge >= 0.3 is 0 Å². The lowest BCUT2D eigenvalue weighted by Gasteiger charge is -2.30. The van der Waals surface area contributed by atoms with E-state index in [4.69, 9.17) is 5.73 Å². The van der Waals surface area contributed by atoms with Gasteiger partial charge in [0.15, 0.2) is 0 Å². The Morgan fingerprint density at radius 2 is 2.08 bits per heavy atom. The van der Waals surface area contributed by atoms with Gasteiger partial charge in [0.05, 0.1) is 0 Å². The average molecular weight is 385 g/mol. The van der Waals surface area contributed by atoms with E-state index in [1.165, 1.54) is 0 Å². The molecule has 1 aromatic heterocycles. The van der Waals surface area contributed by atoms with E-state index in [-0.39, 0.29) is 30.7 Å². The molecule has 0 unspecified atom stereocenters. The van der Waals surface area contributed by atoms with Crippen LogP contribution in [0.15, 0.2) is 30.6 Å². The van der Waals surface area contributed by atoms with Crippen LogP contribution in [0.4, 0.5) is 11.4 Å². The van der Waals surface area contributed by atoms with Crippen LogP contribution in [0.25, 0.3) is 0 Å². The van der Waals surface area contributed by atoms with Crippen molar-refractivity contribution >= 4 is 42.1 Å². The molecule has 0 atom stereocenters. The first-order chi connectivity index (χ1) is 11.1. The van der Waals surface area contributed by atoms with Gasteiger partial charge in [-0.3, -0.25) is 4.79 Å². The Hall–Kier alpha value is -1.72. The van der Waals surface area contributed by atoms with Crippen LogP contribution in [0.2, 0.25) is 0 Å². The number of aryl methyl sites for hydroxylation is 1. The second kappa shape index (κ2) is 9.11. The number of imidazole rings is 1. The van der Waals surface area contributed by atoms with Gasteiger partial charge in [-0.25, -0.2) is 4.98 Å². The number of nitrogens with two attached hydrogens (primary N) is 1. The fraction of sp³-hybridized carbons (Fsp3) is 0.444. The first kappa shape index (κ1) is 21.3. The summed E-state index contributed by atoms with van der Waals surface area (Å²) in [6.45, 7) is 5.67. The maximum atomic E-state index is 12.7. The molecule has 0 saturated heterocycles. The van der Waals surface area contributed by atoms with Crippen LogP contribution in [0.3, 0.4) is 0 Å². The SMILES string of the molecule is CC(C)c1nccn1CCC(=O)N1CCCc2c(N)cccc21.Cl.Cl. The number of nitrogens with zero attached hydrogens (tertiary/aromatic N) is 3. The third kappa shape index (κ3) is 4.47. The second-order valence-corrected chi connectivity index (χ2v) is 6.38. The molecule has 1 aliphatic rings. The summed E-state index contributed by atoms with van der Waals surface area (Å²) in [5.41, 5.74) is 8.94. The topological polar surface area (TPSA) is 64.2 Å². The highest BCUT2D eigenvalue weighted by Gasteiger charge is 2.23. The number of anilines is 2. The minimum Gasteiger partial charge on any atom is -0.398 e. The molecule has 25 heavy (non-hydrogen) atoms. The highest BCUT2D eigenvalue weighted by molar-refractivity contribution is 5.95. The fourth-order valence-corrected chi connectivity index (χ4v) is 3.27. The van der Waals surface area contributed by atoms with Gasteiger partial charge in [-0.1, -0.05) is 19.9 Å². The number of hydrogen-bond donors (Lipinski definition) is 1. The van der Waals surface area contributed by atoms with Gasteiger partial charge in [0, 0.05) is 49.2 Å². The molecule has 0 aliphatic carbocycles. The van der Waals surface area contributed by atoms with Gasteiger partial charge in [-0.2, -0.15) is 0 Å². The lowest BCUT2D eigenvalue weighted by atomic mass is 9.99. The molecule has 0 bridgehead atoms. The summed E-state index contributed by atoms with van der Waals surface area (Å²) in [6, 6.07) is 5.83. The van der Waals surface area contributed by atoms with E-state index in [1.54, 1.807) is 6.20 Å². The monoisotopic (exact) mass is 384 g/mol. The first-order valence-corrected chi connectivity index (χ1v) is 8.26. The Bertz CT molecular complexity index is 715. The van der Waals surface area contributed by atoms with Crippen LogP contribution in [-0.4, -0.2) is 22.0 Å². The van der Waals surface area contributed by atoms with E-state index in [9.17, 15) is 4.79 Å². The molecule has 0 saturated carbocycles. The van der Waals surface area contributed by atoms with Crippen LogP contribution in [0, 0.1) is 0 Å². The number of carbonyl (C=O) groups excluding carboxylic acids is 1. The molecule has 7 heteroatoms. The Morgan fingerprint density at radius 1 is 1.32 bits per heavy atom. The summed E-state index contributed by atoms with van der Waals surface area (Å²) < 4.78 is 2.08. The van der Waals surface area contributed by atoms with Crippen LogP contribution in [0.1, 0.15) is 44.0 Å². The molecule has 2 aromatic rings. The molecule has 2 N–H and O–H groups in total. The zero-order valence-corrected chi connectivity index (χ0v) is 16.3. The van der Waals surface area contributed by atoms with E-state index in [2.05, 4.69) is 23.4 Å². The zero-order chi connectivity index (χ0) is 16.4.